The summed E-state index contributed by atoms with van der Waals surface area (Å²) in [5.74, 6) is 2.23. The van der Waals surface area contributed by atoms with E-state index in [1.807, 2.05) is 6.07 Å². The van der Waals surface area contributed by atoms with Crippen molar-refractivity contribution in [2.75, 3.05) is 0 Å². The van der Waals surface area contributed by atoms with E-state index < -0.39 is 7.32 Å². The Hall–Kier alpha value is -0.995. The SMILES string of the molecule is CC(C)Cc1ccc(OB(O)O)c(CC(C)C)c1CC(C)C. The second kappa shape index (κ2) is 8.59. The molecule has 4 heteroatoms. The van der Waals surface area contributed by atoms with E-state index in [0.717, 1.165) is 24.8 Å². The van der Waals surface area contributed by atoms with Crippen LogP contribution in [0.5, 0.6) is 5.75 Å². The minimum atomic E-state index is -1.77. The summed E-state index contributed by atoms with van der Waals surface area (Å²) in [5.41, 5.74) is 3.82. The molecular formula is C18H31BO3. The van der Waals surface area contributed by atoms with Gasteiger partial charge in [0.05, 0.1) is 0 Å². The Morgan fingerprint density at radius 3 is 1.77 bits per heavy atom. The first-order chi connectivity index (χ1) is 10.2. The Bertz CT molecular complexity index is 425. The zero-order chi connectivity index (χ0) is 16.9. The third kappa shape index (κ3) is 6.01. The minimum absolute atomic E-state index is 0.485. The largest absolute Gasteiger partial charge is 0.707 e. The first kappa shape index (κ1) is 19.1. The lowest BCUT2D eigenvalue weighted by Gasteiger charge is -2.22. The van der Waals surface area contributed by atoms with Crippen LogP contribution in [0.2, 0.25) is 0 Å². The molecule has 0 aliphatic heterocycles. The maximum atomic E-state index is 9.19. The molecule has 1 rings (SSSR count). The number of hydrogen-bond donors (Lipinski definition) is 2. The average molecular weight is 306 g/mol. The van der Waals surface area contributed by atoms with Crippen molar-refractivity contribution in [2.45, 2.75) is 60.8 Å². The molecule has 3 nitrogen and oxygen atoms in total. The maximum Gasteiger partial charge on any atom is 0.707 e. The van der Waals surface area contributed by atoms with Crippen molar-refractivity contribution < 1.29 is 14.7 Å². The van der Waals surface area contributed by atoms with E-state index in [2.05, 4.69) is 47.6 Å². The lowest BCUT2D eigenvalue weighted by molar-refractivity contribution is 0.286. The predicted octanol–water partition coefficient (Wildman–Crippen LogP) is 3.63. The van der Waals surface area contributed by atoms with Gasteiger partial charge in [-0.3, -0.25) is 0 Å². The summed E-state index contributed by atoms with van der Waals surface area (Å²) < 4.78 is 5.24. The van der Waals surface area contributed by atoms with Crippen LogP contribution in [0.25, 0.3) is 0 Å². The molecule has 0 atom stereocenters. The Morgan fingerprint density at radius 1 is 0.818 bits per heavy atom. The van der Waals surface area contributed by atoms with Gasteiger partial charge in [-0.2, -0.15) is 0 Å². The highest BCUT2D eigenvalue weighted by atomic mass is 16.6. The quantitative estimate of drug-likeness (QED) is 0.721. The fourth-order valence-corrected chi connectivity index (χ4v) is 2.87. The molecule has 0 aliphatic carbocycles. The third-order valence-corrected chi connectivity index (χ3v) is 3.57. The van der Waals surface area contributed by atoms with E-state index in [0.29, 0.717) is 23.5 Å². The van der Waals surface area contributed by atoms with E-state index in [-0.39, 0.29) is 0 Å². The summed E-state index contributed by atoms with van der Waals surface area (Å²) in [6.45, 7) is 13.2. The van der Waals surface area contributed by atoms with Crippen molar-refractivity contribution in [3.8, 4) is 5.75 Å². The van der Waals surface area contributed by atoms with Crippen LogP contribution in [0.4, 0.5) is 0 Å². The summed E-state index contributed by atoms with van der Waals surface area (Å²) in [4.78, 5) is 0. The molecule has 0 aliphatic rings. The van der Waals surface area contributed by atoms with Crippen LogP contribution in [-0.2, 0) is 19.3 Å². The summed E-state index contributed by atoms with van der Waals surface area (Å²) in [6.07, 6.45) is 2.91. The second-order valence-electron chi connectivity index (χ2n) is 7.42. The molecule has 0 saturated carbocycles. The fourth-order valence-electron chi connectivity index (χ4n) is 2.87. The van der Waals surface area contributed by atoms with Crippen LogP contribution >= 0.6 is 0 Å². The fraction of sp³-hybridized carbons (Fsp3) is 0.667. The Labute approximate surface area is 135 Å². The van der Waals surface area contributed by atoms with E-state index >= 15 is 0 Å². The first-order valence-corrected chi connectivity index (χ1v) is 8.37. The summed E-state index contributed by atoms with van der Waals surface area (Å²) in [7, 11) is -1.77. The van der Waals surface area contributed by atoms with Crippen LogP contribution in [0.3, 0.4) is 0 Å². The molecular weight excluding hydrogens is 275 g/mol. The normalized spacial score (nSPS) is 11.6. The molecule has 0 aromatic heterocycles. The molecule has 0 spiro atoms. The van der Waals surface area contributed by atoms with Crippen LogP contribution in [0, 0.1) is 17.8 Å². The molecule has 22 heavy (non-hydrogen) atoms. The number of rotatable bonds is 8. The highest BCUT2D eigenvalue weighted by molar-refractivity contribution is 6.33. The minimum Gasteiger partial charge on any atom is -0.512 e. The molecule has 1 aromatic rings. The molecule has 0 unspecified atom stereocenters. The highest BCUT2D eigenvalue weighted by Crippen LogP contribution is 2.31. The molecule has 2 N–H and O–H groups in total. The van der Waals surface area contributed by atoms with Crippen LogP contribution in [-0.4, -0.2) is 17.4 Å². The molecule has 0 saturated heterocycles. The van der Waals surface area contributed by atoms with Gasteiger partial charge in [0.1, 0.15) is 5.75 Å². The summed E-state index contributed by atoms with van der Waals surface area (Å²) in [5, 5.41) is 18.4. The van der Waals surface area contributed by atoms with Gasteiger partial charge in [-0.1, -0.05) is 47.6 Å². The molecule has 0 fully saturated rings. The molecule has 0 bridgehead atoms. The standard InChI is InChI=1S/C18H31BO3/c1-12(2)9-15-7-8-18(22-19(20)21)17(11-14(5)6)16(15)10-13(3)4/h7-8,12-14,20-21H,9-11H2,1-6H3. The molecule has 124 valence electrons. The van der Waals surface area contributed by atoms with E-state index in [1.165, 1.54) is 11.1 Å². The lowest BCUT2D eigenvalue weighted by Crippen LogP contribution is -2.22. The molecule has 0 amide bonds. The van der Waals surface area contributed by atoms with Gasteiger partial charge in [0.25, 0.3) is 0 Å². The van der Waals surface area contributed by atoms with Crippen molar-refractivity contribution in [1.82, 2.24) is 0 Å². The number of benzene rings is 1. The molecule has 1 aromatic carbocycles. The Kier molecular flexibility index (Phi) is 7.44. The van der Waals surface area contributed by atoms with Crippen molar-refractivity contribution in [1.29, 1.82) is 0 Å². The molecule has 0 radical (unpaired) electrons. The van der Waals surface area contributed by atoms with Gasteiger partial charge < -0.3 is 14.7 Å². The van der Waals surface area contributed by atoms with Crippen molar-refractivity contribution >= 4 is 7.32 Å². The van der Waals surface area contributed by atoms with Gasteiger partial charge in [0, 0.05) is 0 Å². The summed E-state index contributed by atoms with van der Waals surface area (Å²) in [6, 6.07) is 3.97. The van der Waals surface area contributed by atoms with Gasteiger partial charge in [-0.15, -0.1) is 0 Å². The van der Waals surface area contributed by atoms with Crippen molar-refractivity contribution in [3.63, 3.8) is 0 Å². The molecule has 0 heterocycles. The topological polar surface area (TPSA) is 49.7 Å². The van der Waals surface area contributed by atoms with Gasteiger partial charge in [0.15, 0.2) is 0 Å². The Balaban J connectivity index is 3.36. The van der Waals surface area contributed by atoms with E-state index in [4.69, 9.17) is 4.65 Å². The first-order valence-electron chi connectivity index (χ1n) is 8.37. The van der Waals surface area contributed by atoms with Gasteiger partial charge in [0.2, 0.25) is 0 Å². The monoisotopic (exact) mass is 306 g/mol. The Morgan fingerprint density at radius 2 is 1.32 bits per heavy atom. The van der Waals surface area contributed by atoms with Gasteiger partial charge >= 0.3 is 7.32 Å². The zero-order valence-corrected chi connectivity index (χ0v) is 14.9. The summed E-state index contributed by atoms with van der Waals surface area (Å²) >= 11 is 0. The predicted molar refractivity (Wildman–Crippen MR) is 92.9 cm³/mol. The van der Waals surface area contributed by atoms with Crippen molar-refractivity contribution in [2.24, 2.45) is 17.8 Å². The third-order valence-electron chi connectivity index (χ3n) is 3.57. The van der Waals surface area contributed by atoms with Crippen LogP contribution in [0.15, 0.2) is 12.1 Å². The van der Waals surface area contributed by atoms with E-state index in [9.17, 15) is 10.0 Å². The van der Waals surface area contributed by atoms with Crippen LogP contribution in [0.1, 0.15) is 58.2 Å². The number of hydrogen-bond acceptors (Lipinski definition) is 3. The maximum absolute atomic E-state index is 9.19. The van der Waals surface area contributed by atoms with Crippen molar-refractivity contribution in [3.05, 3.63) is 28.8 Å². The van der Waals surface area contributed by atoms with Gasteiger partial charge in [-0.05, 0) is 59.8 Å². The van der Waals surface area contributed by atoms with Gasteiger partial charge in [-0.25, -0.2) is 0 Å². The second-order valence-corrected chi connectivity index (χ2v) is 7.42. The average Bonchev–Trinajstić information content (AvgIpc) is 2.34. The van der Waals surface area contributed by atoms with E-state index in [1.54, 1.807) is 0 Å². The smallest absolute Gasteiger partial charge is 0.512 e. The lowest BCUT2D eigenvalue weighted by atomic mass is 9.86. The van der Waals surface area contributed by atoms with Crippen LogP contribution < -0.4 is 4.65 Å². The highest BCUT2D eigenvalue weighted by Gasteiger charge is 2.20. The zero-order valence-electron chi connectivity index (χ0n) is 14.9.